The molecule has 1 saturated heterocycles. The summed E-state index contributed by atoms with van der Waals surface area (Å²) >= 11 is 0. The standard InChI is InChI=1S/C14H9N3O3/c15-7-9-3-4-11(17-8-13(18)16-14(17)19)10(6-9)12-2-1-5-20-12/h1-6H,8H2,(H,16,18,19). The number of rotatable bonds is 2. The van der Waals surface area contributed by atoms with Crippen LogP contribution in [0.25, 0.3) is 11.3 Å². The van der Waals surface area contributed by atoms with Gasteiger partial charge in [-0.15, -0.1) is 0 Å². The van der Waals surface area contributed by atoms with E-state index in [1.807, 2.05) is 6.07 Å². The Hall–Kier alpha value is -3.07. The number of hydrogen-bond donors (Lipinski definition) is 1. The molecule has 98 valence electrons. The SMILES string of the molecule is N#Cc1ccc(N2CC(=O)NC2=O)c(-c2ccco2)c1. The summed E-state index contributed by atoms with van der Waals surface area (Å²) in [5.41, 5.74) is 1.58. The zero-order valence-electron chi connectivity index (χ0n) is 10.3. The van der Waals surface area contributed by atoms with E-state index in [2.05, 4.69) is 5.32 Å². The lowest BCUT2D eigenvalue weighted by molar-refractivity contribution is -0.117. The third-order valence-corrected chi connectivity index (χ3v) is 3.00. The molecule has 2 heterocycles. The van der Waals surface area contributed by atoms with Gasteiger partial charge in [-0.3, -0.25) is 15.0 Å². The van der Waals surface area contributed by atoms with Crippen molar-refractivity contribution in [1.29, 1.82) is 5.26 Å². The molecule has 0 spiro atoms. The molecule has 1 fully saturated rings. The van der Waals surface area contributed by atoms with Crippen LogP contribution in [0.1, 0.15) is 5.56 Å². The molecule has 20 heavy (non-hydrogen) atoms. The van der Waals surface area contributed by atoms with E-state index in [0.29, 0.717) is 22.6 Å². The third-order valence-electron chi connectivity index (χ3n) is 3.00. The Morgan fingerprint density at radius 2 is 2.15 bits per heavy atom. The summed E-state index contributed by atoms with van der Waals surface area (Å²) < 4.78 is 5.33. The number of amides is 3. The fourth-order valence-electron chi connectivity index (χ4n) is 2.11. The minimum Gasteiger partial charge on any atom is -0.464 e. The van der Waals surface area contributed by atoms with E-state index in [0.717, 1.165) is 0 Å². The molecule has 0 aliphatic carbocycles. The van der Waals surface area contributed by atoms with Crippen LogP contribution in [0.3, 0.4) is 0 Å². The number of carbonyl (C=O) groups is 2. The normalized spacial score (nSPS) is 14.2. The van der Waals surface area contributed by atoms with E-state index < -0.39 is 6.03 Å². The highest BCUT2D eigenvalue weighted by Gasteiger charge is 2.30. The van der Waals surface area contributed by atoms with Gasteiger partial charge >= 0.3 is 6.03 Å². The van der Waals surface area contributed by atoms with E-state index >= 15 is 0 Å². The summed E-state index contributed by atoms with van der Waals surface area (Å²) in [5.74, 6) is 0.175. The monoisotopic (exact) mass is 267 g/mol. The molecule has 0 unspecified atom stereocenters. The van der Waals surface area contributed by atoms with Gasteiger partial charge in [0.1, 0.15) is 12.3 Å². The van der Waals surface area contributed by atoms with E-state index in [1.54, 1.807) is 30.3 Å². The zero-order valence-corrected chi connectivity index (χ0v) is 10.3. The van der Waals surface area contributed by atoms with Gasteiger partial charge in [0.15, 0.2) is 0 Å². The maximum absolute atomic E-state index is 11.8. The molecule has 2 aromatic rings. The highest BCUT2D eigenvalue weighted by Crippen LogP contribution is 2.33. The summed E-state index contributed by atoms with van der Waals surface area (Å²) in [6.45, 7) is -0.0432. The molecular formula is C14H9N3O3. The van der Waals surface area contributed by atoms with Gasteiger partial charge < -0.3 is 4.42 Å². The molecule has 0 bridgehead atoms. The van der Waals surface area contributed by atoms with Crippen molar-refractivity contribution in [3.8, 4) is 17.4 Å². The van der Waals surface area contributed by atoms with Gasteiger partial charge in [0.25, 0.3) is 0 Å². The average molecular weight is 267 g/mol. The fraction of sp³-hybridized carbons (Fsp3) is 0.0714. The zero-order chi connectivity index (χ0) is 14.1. The molecular weight excluding hydrogens is 258 g/mol. The lowest BCUT2D eigenvalue weighted by atomic mass is 10.1. The summed E-state index contributed by atoms with van der Waals surface area (Å²) in [4.78, 5) is 24.4. The smallest absolute Gasteiger partial charge is 0.329 e. The number of hydrogen-bond acceptors (Lipinski definition) is 4. The second-order valence-corrected chi connectivity index (χ2v) is 4.26. The van der Waals surface area contributed by atoms with Crippen LogP contribution >= 0.6 is 0 Å². The van der Waals surface area contributed by atoms with Gasteiger partial charge in [-0.25, -0.2) is 4.79 Å². The van der Waals surface area contributed by atoms with Gasteiger partial charge in [0.2, 0.25) is 5.91 Å². The highest BCUT2D eigenvalue weighted by molar-refractivity contribution is 6.13. The van der Waals surface area contributed by atoms with Crippen molar-refractivity contribution in [3.63, 3.8) is 0 Å². The number of carbonyl (C=O) groups excluding carboxylic acids is 2. The molecule has 0 atom stereocenters. The number of nitriles is 1. The van der Waals surface area contributed by atoms with Gasteiger partial charge in [-0.1, -0.05) is 0 Å². The van der Waals surface area contributed by atoms with Crippen LogP contribution in [-0.2, 0) is 4.79 Å². The van der Waals surface area contributed by atoms with Crippen molar-refractivity contribution in [2.75, 3.05) is 11.4 Å². The number of anilines is 1. The molecule has 1 aromatic heterocycles. The predicted molar refractivity (Wildman–Crippen MR) is 69.7 cm³/mol. The molecule has 1 aliphatic heterocycles. The number of nitrogens with zero attached hydrogens (tertiary/aromatic N) is 2. The fourth-order valence-corrected chi connectivity index (χ4v) is 2.11. The number of furan rings is 1. The Morgan fingerprint density at radius 3 is 2.75 bits per heavy atom. The van der Waals surface area contributed by atoms with Crippen LogP contribution in [-0.4, -0.2) is 18.5 Å². The Labute approximate surface area is 114 Å². The van der Waals surface area contributed by atoms with Crippen LogP contribution in [0.4, 0.5) is 10.5 Å². The molecule has 1 aromatic carbocycles. The molecule has 3 rings (SSSR count). The Bertz CT molecular complexity index is 729. The van der Waals surface area contributed by atoms with Crippen LogP contribution in [0.15, 0.2) is 41.0 Å². The van der Waals surface area contributed by atoms with E-state index in [9.17, 15) is 9.59 Å². The lowest BCUT2D eigenvalue weighted by Crippen LogP contribution is -2.28. The highest BCUT2D eigenvalue weighted by atomic mass is 16.3. The molecule has 1 aliphatic rings. The van der Waals surface area contributed by atoms with Gasteiger partial charge in [0, 0.05) is 5.56 Å². The van der Waals surface area contributed by atoms with Crippen LogP contribution in [0.5, 0.6) is 0 Å². The van der Waals surface area contributed by atoms with Gasteiger partial charge in [-0.05, 0) is 30.3 Å². The molecule has 1 N–H and O–H groups in total. The number of benzene rings is 1. The summed E-state index contributed by atoms with van der Waals surface area (Å²) in [6.07, 6.45) is 1.51. The van der Waals surface area contributed by atoms with Gasteiger partial charge in [-0.2, -0.15) is 5.26 Å². The lowest BCUT2D eigenvalue weighted by Gasteiger charge is -2.16. The summed E-state index contributed by atoms with van der Waals surface area (Å²) in [6, 6.07) is 9.87. The topological polar surface area (TPSA) is 86.3 Å². The second kappa shape index (κ2) is 4.55. The molecule has 6 nitrogen and oxygen atoms in total. The summed E-state index contributed by atoms with van der Waals surface area (Å²) in [5, 5.41) is 11.2. The van der Waals surface area contributed by atoms with Crippen molar-refractivity contribution in [1.82, 2.24) is 5.32 Å². The Morgan fingerprint density at radius 1 is 1.30 bits per heavy atom. The van der Waals surface area contributed by atoms with Crippen LogP contribution < -0.4 is 10.2 Å². The van der Waals surface area contributed by atoms with Crippen molar-refractivity contribution in [2.45, 2.75) is 0 Å². The van der Waals surface area contributed by atoms with Crippen molar-refractivity contribution < 1.29 is 14.0 Å². The predicted octanol–water partition coefficient (Wildman–Crippen LogP) is 1.87. The maximum Gasteiger partial charge on any atom is 0.329 e. The van der Waals surface area contributed by atoms with Crippen LogP contribution in [0, 0.1) is 11.3 Å². The minimum absolute atomic E-state index is 0.0432. The first-order valence-electron chi connectivity index (χ1n) is 5.88. The van der Waals surface area contributed by atoms with E-state index in [-0.39, 0.29) is 12.5 Å². The quantitative estimate of drug-likeness (QED) is 0.841. The maximum atomic E-state index is 11.8. The van der Waals surface area contributed by atoms with Crippen molar-refractivity contribution >= 4 is 17.6 Å². The minimum atomic E-state index is -0.479. The Balaban J connectivity index is 2.14. The second-order valence-electron chi connectivity index (χ2n) is 4.26. The molecule has 0 radical (unpaired) electrons. The van der Waals surface area contributed by atoms with Gasteiger partial charge in [0.05, 0.1) is 23.6 Å². The summed E-state index contributed by atoms with van der Waals surface area (Å²) in [7, 11) is 0. The first-order chi connectivity index (χ1) is 9.69. The first kappa shape index (κ1) is 12.0. The first-order valence-corrected chi connectivity index (χ1v) is 5.88. The Kier molecular flexibility index (Phi) is 2.73. The number of imide groups is 1. The number of nitrogens with one attached hydrogen (secondary N) is 1. The van der Waals surface area contributed by atoms with Crippen molar-refractivity contribution in [2.24, 2.45) is 0 Å². The number of urea groups is 1. The molecule has 3 amide bonds. The average Bonchev–Trinajstić information content (AvgIpc) is 3.08. The largest absolute Gasteiger partial charge is 0.464 e. The van der Waals surface area contributed by atoms with E-state index in [1.165, 1.54) is 11.2 Å². The molecule has 6 heteroatoms. The molecule has 0 saturated carbocycles. The van der Waals surface area contributed by atoms with E-state index in [4.69, 9.17) is 9.68 Å². The third kappa shape index (κ3) is 1.91. The van der Waals surface area contributed by atoms with Crippen LogP contribution in [0.2, 0.25) is 0 Å². The van der Waals surface area contributed by atoms with Crippen molar-refractivity contribution in [3.05, 3.63) is 42.2 Å².